The van der Waals surface area contributed by atoms with Crippen LogP contribution in [0.15, 0.2) is 93.3 Å². The number of halogens is 1. The van der Waals surface area contributed by atoms with Gasteiger partial charge < -0.3 is 14.1 Å². The van der Waals surface area contributed by atoms with Crippen molar-refractivity contribution in [3.8, 4) is 22.6 Å². The maximum absolute atomic E-state index is 13.5. The third-order valence-electron chi connectivity index (χ3n) is 6.09. The molecule has 0 aliphatic rings. The van der Waals surface area contributed by atoms with Crippen molar-refractivity contribution in [2.24, 2.45) is 0 Å². The molecule has 9 heteroatoms. The number of H-pyrrole nitrogens is 1. The molecule has 0 fully saturated rings. The van der Waals surface area contributed by atoms with E-state index in [2.05, 4.69) is 15.0 Å². The fraction of sp³-hybridized carbons (Fsp3) is 0.0714. The van der Waals surface area contributed by atoms with Gasteiger partial charge in [0.15, 0.2) is 5.89 Å². The molecule has 0 saturated heterocycles. The van der Waals surface area contributed by atoms with Crippen LogP contribution in [0.3, 0.4) is 0 Å². The number of hydrogen-bond donors (Lipinski definition) is 1. The molecule has 3 heterocycles. The molecule has 0 aliphatic carbocycles. The highest BCUT2D eigenvalue weighted by atomic mass is 35.5. The van der Waals surface area contributed by atoms with E-state index in [0.717, 1.165) is 15.3 Å². The van der Waals surface area contributed by atoms with Gasteiger partial charge in [0.1, 0.15) is 24.3 Å². The number of ether oxygens (including phenoxy) is 1. The van der Waals surface area contributed by atoms with Gasteiger partial charge in [-0.2, -0.15) is 0 Å². The van der Waals surface area contributed by atoms with E-state index in [0.29, 0.717) is 50.1 Å². The Labute approximate surface area is 214 Å². The fourth-order valence-electron chi connectivity index (χ4n) is 4.40. The number of oxazole rings is 1. The van der Waals surface area contributed by atoms with Gasteiger partial charge in [0, 0.05) is 29.5 Å². The lowest BCUT2D eigenvalue weighted by Crippen LogP contribution is -2.33. The zero-order valence-electron chi connectivity index (χ0n) is 19.6. The summed E-state index contributed by atoms with van der Waals surface area (Å²) in [6.45, 7) is 1.95. The van der Waals surface area contributed by atoms with Crippen LogP contribution in [0.4, 0.5) is 0 Å². The van der Waals surface area contributed by atoms with Crippen LogP contribution < -0.4 is 16.0 Å². The number of benzene rings is 3. The molecular weight excluding hydrogens is 492 g/mol. The first-order chi connectivity index (χ1) is 18.0. The number of hydrogen-bond acceptors (Lipinski definition) is 6. The van der Waals surface area contributed by atoms with Crippen molar-refractivity contribution in [1.82, 2.24) is 19.5 Å². The van der Waals surface area contributed by atoms with Gasteiger partial charge >= 0.3 is 5.69 Å². The number of fused-ring (bicyclic) bond motifs is 2. The molecule has 3 aromatic heterocycles. The summed E-state index contributed by atoms with van der Waals surface area (Å²) in [5.74, 6) is 1.08. The lowest BCUT2D eigenvalue weighted by Gasteiger charge is -2.14. The zero-order valence-corrected chi connectivity index (χ0v) is 20.3. The normalized spacial score (nSPS) is 11.3. The molecule has 37 heavy (non-hydrogen) atoms. The monoisotopic (exact) mass is 510 g/mol. The highest BCUT2D eigenvalue weighted by Gasteiger charge is 2.16. The highest BCUT2D eigenvalue weighted by Crippen LogP contribution is 2.37. The Morgan fingerprint density at radius 1 is 1.03 bits per heavy atom. The molecular formula is C28H19ClN4O4. The van der Waals surface area contributed by atoms with Gasteiger partial charge in [-0.1, -0.05) is 48.0 Å². The van der Waals surface area contributed by atoms with Gasteiger partial charge in [0.2, 0.25) is 0 Å². The Kier molecular flexibility index (Phi) is 5.58. The average molecular weight is 511 g/mol. The summed E-state index contributed by atoms with van der Waals surface area (Å²) in [6.07, 6.45) is 4.75. The summed E-state index contributed by atoms with van der Waals surface area (Å²) < 4.78 is 12.4. The molecule has 0 atom stereocenters. The van der Waals surface area contributed by atoms with E-state index in [-0.39, 0.29) is 6.61 Å². The molecule has 0 aliphatic heterocycles. The molecule has 1 N–H and O–H groups in total. The highest BCUT2D eigenvalue weighted by molar-refractivity contribution is 6.33. The van der Waals surface area contributed by atoms with Gasteiger partial charge in [0.25, 0.3) is 5.56 Å². The van der Waals surface area contributed by atoms with E-state index in [9.17, 15) is 9.59 Å². The third kappa shape index (κ3) is 4.07. The molecule has 0 unspecified atom stereocenters. The van der Waals surface area contributed by atoms with Crippen LogP contribution in [-0.4, -0.2) is 19.5 Å². The van der Waals surface area contributed by atoms with E-state index in [4.69, 9.17) is 20.8 Å². The zero-order chi connectivity index (χ0) is 25.5. The molecule has 3 aromatic carbocycles. The van der Waals surface area contributed by atoms with E-state index < -0.39 is 11.2 Å². The maximum atomic E-state index is 13.5. The average Bonchev–Trinajstić information content (AvgIpc) is 3.32. The smallest absolute Gasteiger partial charge is 0.333 e. The van der Waals surface area contributed by atoms with Crippen LogP contribution in [0.2, 0.25) is 5.02 Å². The SMILES string of the molecule is Cc1nc(COc2cccc(Cl)c2-c2ccc3c(=O)n(-c4cncc5ccccc45)c(=O)[nH]c3c2)co1. The lowest BCUT2D eigenvalue weighted by molar-refractivity contribution is 0.302. The number of aryl methyl sites for hydroxylation is 1. The number of aromatic amines is 1. The van der Waals surface area contributed by atoms with Crippen LogP contribution in [0, 0.1) is 6.92 Å². The molecule has 6 aromatic rings. The first-order valence-corrected chi connectivity index (χ1v) is 11.8. The third-order valence-corrected chi connectivity index (χ3v) is 6.41. The van der Waals surface area contributed by atoms with Gasteiger partial charge in [-0.15, -0.1) is 0 Å². The summed E-state index contributed by atoms with van der Waals surface area (Å²) in [5, 5.41) is 2.39. The minimum absolute atomic E-state index is 0.193. The number of aromatic nitrogens is 4. The summed E-state index contributed by atoms with van der Waals surface area (Å²) in [5.41, 5.74) is 1.76. The Balaban J connectivity index is 1.46. The summed E-state index contributed by atoms with van der Waals surface area (Å²) >= 11 is 6.57. The predicted octanol–water partition coefficient (Wildman–Crippen LogP) is 5.42. The maximum Gasteiger partial charge on any atom is 0.333 e. The van der Waals surface area contributed by atoms with E-state index >= 15 is 0 Å². The van der Waals surface area contributed by atoms with Crippen LogP contribution in [0.5, 0.6) is 5.75 Å². The van der Waals surface area contributed by atoms with Crippen LogP contribution >= 0.6 is 11.6 Å². The van der Waals surface area contributed by atoms with Gasteiger partial charge in [-0.25, -0.2) is 14.3 Å². The molecule has 0 radical (unpaired) electrons. The van der Waals surface area contributed by atoms with Gasteiger partial charge in [-0.3, -0.25) is 9.78 Å². The summed E-state index contributed by atoms with van der Waals surface area (Å²) in [6, 6.07) is 18.0. The standard InChI is InChI=1S/C28H19ClN4O4/c1-16-31-19(14-36-16)15-37-25-8-4-7-22(29)26(25)17-9-10-21-23(11-17)32-28(35)33(27(21)34)24-13-30-12-18-5-2-3-6-20(18)24/h2-14H,15H2,1H3,(H,32,35). The Bertz CT molecular complexity index is 1920. The van der Waals surface area contributed by atoms with E-state index in [1.807, 2.05) is 24.3 Å². The first-order valence-electron chi connectivity index (χ1n) is 11.4. The second-order valence-corrected chi connectivity index (χ2v) is 8.88. The quantitative estimate of drug-likeness (QED) is 0.332. The molecule has 0 saturated carbocycles. The van der Waals surface area contributed by atoms with Gasteiger partial charge in [-0.05, 0) is 29.8 Å². The van der Waals surface area contributed by atoms with Crippen molar-refractivity contribution in [3.05, 3.63) is 117 Å². The molecule has 0 amide bonds. The van der Waals surface area contributed by atoms with Crippen LogP contribution in [0.25, 0.3) is 38.5 Å². The first kappa shape index (κ1) is 22.8. The number of pyridine rings is 1. The largest absolute Gasteiger partial charge is 0.486 e. The number of nitrogens with zero attached hydrogens (tertiary/aromatic N) is 3. The van der Waals surface area contributed by atoms with Crippen molar-refractivity contribution < 1.29 is 9.15 Å². The van der Waals surface area contributed by atoms with Crippen LogP contribution in [0.1, 0.15) is 11.6 Å². The molecule has 6 rings (SSSR count). The Morgan fingerprint density at radius 3 is 2.73 bits per heavy atom. The molecule has 0 bridgehead atoms. The predicted molar refractivity (Wildman–Crippen MR) is 141 cm³/mol. The minimum atomic E-state index is -0.565. The second-order valence-electron chi connectivity index (χ2n) is 8.47. The molecule has 182 valence electrons. The number of nitrogens with one attached hydrogen (secondary N) is 1. The van der Waals surface area contributed by atoms with Crippen LogP contribution in [-0.2, 0) is 6.61 Å². The second kappa shape index (κ2) is 9.07. The summed E-state index contributed by atoms with van der Waals surface area (Å²) in [7, 11) is 0. The molecule has 0 spiro atoms. The Hall–Kier alpha value is -4.69. The van der Waals surface area contributed by atoms with Crippen molar-refractivity contribution in [3.63, 3.8) is 0 Å². The van der Waals surface area contributed by atoms with Crippen molar-refractivity contribution in [2.45, 2.75) is 13.5 Å². The fourth-order valence-corrected chi connectivity index (χ4v) is 4.68. The van der Waals surface area contributed by atoms with Crippen molar-refractivity contribution >= 4 is 33.3 Å². The minimum Gasteiger partial charge on any atom is -0.486 e. The van der Waals surface area contributed by atoms with E-state index in [1.54, 1.807) is 49.5 Å². The lowest BCUT2D eigenvalue weighted by atomic mass is 10.0. The summed E-state index contributed by atoms with van der Waals surface area (Å²) in [4.78, 5) is 38.0. The van der Waals surface area contributed by atoms with Crippen molar-refractivity contribution in [2.75, 3.05) is 0 Å². The molecule has 8 nitrogen and oxygen atoms in total. The van der Waals surface area contributed by atoms with Gasteiger partial charge in [0.05, 0.1) is 27.8 Å². The number of rotatable bonds is 5. The van der Waals surface area contributed by atoms with Crippen molar-refractivity contribution in [1.29, 1.82) is 0 Å². The topological polar surface area (TPSA) is 103 Å². The van der Waals surface area contributed by atoms with E-state index in [1.165, 1.54) is 12.5 Å². The Morgan fingerprint density at radius 2 is 1.89 bits per heavy atom.